The van der Waals surface area contributed by atoms with Crippen LogP contribution in [0.25, 0.3) is 11.1 Å². The second-order valence-electron chi connectivity index (χ2n) is 5.34. The molecular weight excluding hydrogens is 326 g/mol. The fourth-order valence-electron chi connectivity index (χ4n) is 2.27. The fourth-order valence-corrected chi connectivity index (χ4v) is 2.97. The number of nitrogens with one attached hydrogen (secondary N) is 2. The summed E-state index contributed by atoms with van der Waals surface area (Å²) in [5.74, 6) is 1.33. The molecule has 3 rings (SSSR count). The topological polar surface area (TPSA) is 108 Å². The predicted octanol–water partition coefficient (Wildman–Crippen LogP) is 1.64. The zero-order valence-corrected chi connectivity index (χ0v) is 14.2. The highest BCUT2D eigenvalue weighted by molar-refractivity contribution is 7.99. The number of aryl methyl sites for hydroxylation is 2. The number of nitrogen functional groups attached to an aromatic ring is 1. The van der Waals surface area contributed by atoms with E-state index in [0.717, 1.165) is 22.3 Å². The van der Waals surface area contributed by atoms with Crippen LogP contribution in [0.4, 0.5) is 5.82 Å². The van der Waals surface area contributed by atoms with Crippen LogP contribution in [0.1, 0.15) is 16.9 Å². The number of anilines is 1. The maximum atomic E-state index is 11.9. The summed E-state index contributed by atoms with van der Waals surface area (Å²) in [4.78, 5) is 23.3. The lowest BCUT2D eigenvalue weighted by Crippen LogP contribution is -2.25. The maximum Gasteiger partial charge on any atom is 0.362 e. The number of nitrogens with two attached hydrogens (primary N) is 1. The van der Waals surface area contributed by atoms with E-state index in [4.69, 9.17) is 10.2 Å². The molecule has 0 aliphatic carbocycles. The lowest BCUT2D eigenvalue weighted by atomic mass is 10.2. The molecule has 8 heteroatoms. The largest absolute Gasteiger partial charge is 0.427 e. The van der Waals surface area contributed by atoms with E-state index in [-0.39, 0.29) is 11.7 Å². The first-order valence-corrected chi connectivity index (χ1v) is 8.40. The molecule has 4 N–H and O–H groups in total. The summed E-state index contributed by atoms with van der Waals surface area (Å²) in [5, 5.41) is 4.17. The zero-order chi connectivity index (χ0) is 17.1. The average molecular weight is 344 g/mol. The minimum atomic E-state index is -0.0930. The average Bonchev–Trinajstić information content (AvgIpc) is 2.86. The normalized spacial score (nSPS) is 10.9. The minimum absolute atomic E-state index is 0.0930. The number of amides is 1. The summed E-state index contributed by atoms with van der Waals surface area (Å²) in [6.45, 7) is 4.26. The Morgan fingerprint density at radius 1 is 1.46 bits per heavy atom. The molecule has 24 heavy (non-hydrogen) atoms. The Hall–Kier alpha value is -2.61. The molecule has 0 fully saturated rings. The highest BCUT2D eigenvalue weighted by Crippen LogP contribution is 2.26. The van der Waals surface area contributed by atoms with E-state index >= 15 is 0 Å². The summed E-state index contributed by atoms with van der Waals surface area (Å²) in [6, 6.07) is 3.74. The van der Waals surface area contributed by atoms with Crippen molar-refractivity contribution < 1.29 is 14.2 Å². The first-order valence-electron chi connectivity index (χ1n) is 7.41. The Morgan fingerprint density at radius 2 is 2.29 bits per heavy atom. The Kier molecular flexibility index (Phi) is 4.66. The lowest BCUT2D eigenvalue weighted by Gasteiger charge is -2.03. The van der Waals surface area contributed by atoms with Crippen LogP contribution in [0.3, 0.4) is 0 Å². The summed E-state index contributed by atoms with van der Waals surface area (Å²) >= 11 is 1.27. The van der Waals surface area contributed by atoms with E-state index in [2.05, 4.69) is 20.3 Å². The molecule has 3 aromatic heterocycles. The third-order valence-corrected chi connectivity index (χ3v) is 4.51. The van der Waals surface area contributed by atoms with Gasteiger partial charge in [0.25, 0.3) is 5.82 Å². The number of nitrogens with zero attached hydrogens (tertiary/aromatic N) is 2. The van der Waals surface area contributed by atoms with E-state index < -0.39 is 0 Å². The van der Waals surface area contributed by atoms with Gasteiger partial charge in [0.2, 0.25) is 5.91 Å². The molecule has 0 bridgehead atoms. The fraction of sp³-hybridized carbons (Fsp3) is 0.250. The van der Waals surface area contributed by atoms with Crippen molar-refractivity contribution in [2.24, 2.45) is 0 Å². The van der Waals surface area contributed by atoms with Gasteiger partial charge < -0.3 is 15.5 Å². The van der Waals surface area contributed by atoms with E-state index in [1.165, 1.54) is 11.8 Å². The van der Waals surface area contributed by atoms with E-state index in [0.29, 0.717) is 23.2 Å². The third-order valence-electron chi connectivity index (χ3n) is 3.64. The van der Waals surface area contributed by atoms with Gasteiger partial charge in [0.05, 0.1) is 5.75 Å². The number of hydrogen-bond donors (Lipinski definition) is 2. The van der Waals surface area contributed by atoms with Crippen LogP contribution in [0.5, 0.6) is 0 Å². The molecule has 0 aliphatic heterocycles. The molecule has 0 saturated heterocycles. The number of rotatable bonds is 5. The van der Waals surface area contributed by atoms with Gasteiger partial charge in [-0.2, -0.15) is 4.98 Å². The quantitative estimate of drug-likeness (QED) is 0.538. The van der Waals surface area contributed by atoms with Crippen LogP contribution in [-0.2, 0) is 11.3 Å². The lowest BCUT2D eigenvalue weighted by molar-refractivity contribution is -0.412. The van der Waals surface area contributed by atoms with Crippen LogP contribution in [0, 0.1) is 13.8 Å². The van der Waals surface area contributed by atoms with Gasteiger partial charge in [-0.05, 0) is 42.2 Å². The monoisotopic (exact) mass is 344 g/mol. The number of thioether (sulfide) groups is 1. The van der Waals surface area contributed by atoms with Gasteiger partial charge in [-0.3, -0.25) is 9.78 Å². The molecule has 0 aromatic carbocycles. The van der Waals surface area contributed by atoms with E-state index in [9.17, 15) is 4.79 Å². The van der Waals surface area contributed by atoms with Crippen LogP contribution >= 0.6 is 11.8 Å². The van der Waals surface area contributed by atoms with Crippen molar-refractivity contribution in [3.8, 4) is 0 Å². The third kappa shape index (κ3) is 3.48. The highest BCUT2D eigenvalue weighted by Gasteiger charge is 2.21. The molecule has 0 saturated carbocycles. The summed E-state index contributed by atoms with van der Waals surface area (Å²) < 4.78 is 5.64. The van der Waals surface area contributed by atoms with Crippen molar-refractivity contribution in [1.29, 1.82) is 0 Å². The number of aromatic nitrogens is 3. The number of H-pyrrole nitrogens is 1. The smallest absolute Gasteiger partial charge is 0.362 e. The molecular formula is C16H18N5O2S+. The van der Waals surface area contributed by atoms with Crippen molar-refractivity contribution in [3.63, 3.8) is 0 Å². The number of hydrogen-bond acceptors (Lipinski definition) is 6. The second kappa shape index (κ2) is 6.88. The van der Waals surface area contributed by atoms with Crippen molar-refractivity contribution in [2.45, 2.75) is 25.5 Å². The number of furan rings is 1. The molecule has 124 valence electrons. The zero-order valence-electron chi connectivity index (χ0n) is 13.4. The van der Waals surface area contributed by atoms with Crippen LogP contribution in [0.2, 0.25) is 0 Å². The van der Waals surface area contributed by atoms with Gasteiger partial charge in [0.15, 0.2) is 0 Å². The van der Waals surface area contributed by atoms with Crippen molar-refractivity contribution in [2.75, 3.05) is 11.5 Å². The Balaban J connectivity index is 1.62. The number of pyridine rings is 1. The van der Waals surface area contributed by atoms with E-state index in [1.807, 2.05) is 26.0 Å². The van der Waals surface area contributed by atoms with Gasteiger partial charge in [-0.1, -0.05) is 6.07 Å². The Labute approximate surface area is 143 Å². The second-order valence-corrected chi connectivity index (χ2v) is 6.31. The van der Waals surface area contributed by atoms with Gasteiger partial charge in [-0.15, -0.1) is 0 Å². The standard InChI is InChI=1S/C16H17N5O2S/c1-9-10(2)23-15-13(9)14(17)20-16(21-15)24-8-12(22)19-7-11-4-3-5-18-6-11/h3-6H,7-8H2,1-2H3,(H,19,22)(H2,17,20,21)/p+1. The molecule has 0 radical (unpaired) electrons. The molecule has 7 nitrogen and oxygen atoms in total. The SMILES string of the molecule is Cc1oc2[nH+]c(SCC(=O)NCc3cccnc3)nc(N)c2c1C. The highest BCUT2D eigenvalue weighted by atomic mass is 32.2. The molecule has 3 aromatic rings. The van der Waals surface area contributed by atoms with Gasteiger partial charge in [0.1, 0.15) is 11.1 Å². The molecule has 0 unspecified atom stereocenters. The van der Waals surface area contributed by atoms with Crippen molar-refractivity contribution in [1.82, 2.24) is 15.3 Å². The number of aromatic amines is 1. The number of carbonyl (C=O) groups is 1. The van der Waals surface area contributed by atoms with Crippen molar-refractivity contribution >= 4 is 34.6 Å². The van der Waals surface area contributed by atoms with Crippen LogP contribution in [-0.4, -0.2) is 21.6 Å². The number of fused-ring (bicyclic) bond motifs is 1. The van der Waals surface area contributed by atoms with Crippen molar-refractivity contribution in [3.05, 3.63) is 41.4 Å². The molecule has 0 spiro atoms. The van der Waals surface area contributed by atoms with Gasteiger partial charge in [-0.25, -0.2) is 0 Å². The van der Waals surface area contributed by atoms with Crippen LogP contribution in [0.15, 0.2) is 34.1 Å². The molecule has 1 amide bonds. The molecule has 0 atom stereocenters. The molecule has 3 heterocycles. The molecule has 0 aliphatic rings. The first-order chi connectivity index (χ1) is 11.5. The summed E-state index contributed by atoms with van der Waals surface area (Å²) in [7, 11) is 0. The Bertz CT molecular complexity index is 879. The summed E-state index contributed by atoms with van der Waals surface area (Å²) in [5.41, 5.74) is 8.50. The number of carbonyl (C=O) groups excluding carboxylic acids is 1. The van der Waals surface area contributed by atoms with Gasteiger partial charge in [0, 0.05) is 24.5 Å². The minimum Gasteiger partial charge on any atom is -0.427 e. The van der Waals surface area contributed by atoms with Crippen LogP contribution < -0.4 is 16.0 Å². The predicted molar refractivity (Wildman–Crippen MR) is 91.3 cm³/mol. The Morgan fingerprint density at radius 3 is 3.04 bits per heavy atom. The van der Waals surface area contributed by atoms with Gasteiger partial charge >= 0.3 is 10.9 Å². The first kappa shape index (κ1) is 16.3. The maximum absolute atomic E-state index is 11.9. The summed E-state index contributed by atoms with van der Waals surface area (Å²) in [6.07, 6.45) is 3.42. The van der Waals surface area contributed by atoms with E-state index in [1.54, 1.807) is 12.4 Å².